The number of rotatable bonds is 5. The Morgan fingerprint density at radius 3 is 3.08 bits per heavy atom. The van der Waals surface area contributed by atoms with Gasteiger partial charge in [-0.25, -0.2) is 4.98 Å². The first-order chi connectivity index (χ1) is 12.7. The molecule has 0 bridgehead atoms. The number of hydrogen-bond donors (Lipinski definition) is 1. The summed E-state index contributed by atoms with van der Waals surface area (Å²) in [6, 6.07) is 1.56. The SMILES string of the molecule is CCc1nn2c(=O)cc(CSc3nnc(C4CCCNC4)n3C)nc2s1. The first-order valence-electron chi connectivity index (χ1n) is 8.77. The summed E-state index contributed by atoms with van der Waals surface area (Å²) >= 11 is 3.02. The van der Waals surface area contributed by atoms with E-state index in [1.807, 2.05) is 14.0 Å². The van der Waals surface area contributed by atoms with Crippen molar-refractivity contribution in [3.05, 3.63) is 32.9 Å². The van der Waals surface area contributed by atoms with Gasteiger partial charge in [-0.2, -0.15) is 9.61 Å². The molecular formula is C16H21N7OS2. The van der Waals surface area contributed by atoms with E-state index in [-0.39, 0.29) is 5.56 Å². The van der Waals surface area contributed by atoms with Gasteiger partial charge in [-0.15, -0.1) is 10.2 Å². The monoisotopic (exact) mass is 391 g/mol. The highest BCUT2D eigenvalue weighted by Gasteiger charge is 2.21. The molecule has 0 spiro atoms. The molecule has 3 aromatic rings. The third-order valence-electron chi connectivity index (χ3n) is 4.52. The highest BCUT2D eigenvalue weighted by molar-refractivity contribution is 7.98. The number of aromatic nitrogens is 6. The fourth-order valence-corrected chi connectivity index (χ4v) is 4.80. The van der Waals surface area contributed by atoms with Crippen LogP contribution in [0.5, 0.6) is 0 Å². The highest BCUT2D eigenvalue weighted by atomic mass is 32.2. The van der Waals surface area contributed by atoms with Gasteiger partial charge in [0.1, 0.15) is 10.8 Å². The Balaban J connectivity index is 1.51. The molecule has 0 radical (unpaired) electrons. The highest BCUT2D eigenvalue weighted by Crippen LogP contribution is 2.26. The number of aryl methyl sites for hydroxylation is 1. The van der Waals surface area contributed by atoms with Crippen molar-refractivity contribution >= 4 is 28.1 Å². The molecule has 1 aliphatic rings. The van der Waals surface area contributed by atoms with Crippen LogP contribution in [0.1, 0.15) is 42.2 Å². The van der Waals surface area contributed by atoms with Crippen LogP contribution in [-0.4, -0.2) is 42.5 Å². The molecule has 4 rings (SSSR count). The van der Waals surface area contributed by atoms with Crippen molar-refractivity contribution in [3.63, 3.8) is 0 Å². The van der Waals surface area contributed by atoms with Crippen molar-refractivity contribution in [2.45, 2.75) is 43.0 Å². The molecule has 0 saturated carbocycles. The molecule has 26 heavy (non-hydrogen) atoms. The second-order valence-electron chi connectivity index (χ2n) is 6.36. The van der Waals surface area contributed by atoms with Crippen LogP contribution >= 0.6 is 23.1 Å². The molecule has 138 valence electrons. The van der Waals surface area contributed by atoms with Crippen LogP contribution in [0.25, 0.3) is 4.96 Å². The molecule has 1 saturated heterocycles. The number of thioether (sulfide) groups is 1. The van der Waals surface area contributed by atoms with Crippen molar-refractivity contribution < 1.29 is 0 Å². The normalized spacial score (nSPS) is 17.8. The number of piperidine rings is 1. The predicted octanol–water partition coefficient (Wildman–Crippen LogP) is 1.60. The van der Waals surface area contributed by atoms with Crippen LogP contribution in [0.3, 0.4) is 0 Å². The lowest BCUT2D eigenvalue weighted by atomic mass is 9.99. The number of hydrogen-bond acceptors (Lipinski definition) is 8. The summed E-state index contributed by atoms with van der Waals surface area (Å²) in [6.07, 6.45) is 3.11. The van der Waals surface area contributed by atoms with Gasteiger partial charge in [0.2, 0.25) is 4.96 Å². The van der Waals surface area contributed by atoms with Crippen molar-refractivity contribution in [3.8, 4) is 0 Å². The maximum atomic E-state index is 12.2. The lowest BCUT2D eigenvalue weighted by Crippen LogP contribution is -2.29. The first-order valence-corrected chi connectivity index (χ1v) is 10.6. The molecule has 8 nitrogen and oxygen atoms in total. The Morgan fingerprint density at radius 1 is 1.42 bits per heavy atom. The summed E-state index contributed by atoms with van der Waals surface area (Å²) < 4.78 is 3.45. The summed E-state index contributed by atoms with van der Waals surface area (Å²) in [5.41, 5.74) is 0.615. The third-order valence-corrected chi connectivity index (χ3v) is 6.63. The summed E-state index contributed by atoms with van der Waals surface area (Å²) in [5.74, 6) is 2.03. The van der Waals surface area contributed by atoms with E-state index in [9.17, 15) is 4.79 Å². The van der Waals surface area contributed by atoms with Crippen molar-refractivity contribution in [1.82, 2.24) is 34.7 Å². The zero-order valence-corrected chi connectivity index (χ0v) is 16.4. The molecule has 3 aromatic heterocycles. The molecule has 1 fully saturated rings. The Kier molecular flexibility index (Phi) is 5.05. The molecule has 0 aromatic carbocycles. The van der Waals surface area contributed by atoms with Gasteiger partial charge in [-0.05, 0) is 25.8 Å². The predicted molar refractivity (Wildman–Crippen MR) is 102 cm³/mol. The maximum Gasteiger partial charge on any atom is 0.275 e. The van der Waals surface area contributed by atoms with E-state index < -0.39 is 0 Å². The minimum Gasteiger partial charge on any atom is -0.316 e. The molecule has 1 unspecified atom stereocenters. The fourth-order valence-electron chi connectivity index (χ4n) is 3.13. The lowest BCUT2D eigenvalue weighted by Gasteiger charge is -2.21. The second-order valence-corrected chi connectivity index (χ2v) is 8.34. The largest absolute Gasteiger partial charge is 0.316 e. The van der Waals surface area contributed by atoms with Crippen LogP contribution in [0.2, 0.25) is 0 Å². The Bertz CT molecular complexity index is 971. The Labute approximate surface area is 159 Å². The third kappa shape index (κ3) is 3.40. The van der Waals surface area contributed by atoms with Gasteiger partial charge in [0.05, 0.1) is 5.69 Å². The van der Waals surface area contributed by atoms with E-state index in [2.05, 4.69) is 30.2 Å². The molecule has 0 aliphatic carbocycles. The summed E-state index contributed by atoms with van der Waals surface area (Å²) in [5, 5.41) is 18.2. The van der Waals surface area contributed by atoms with Gasteiger partial charge in [0.25, 0.3) is 5.56 Å². The van der Waals surface area contributed by atoms with E-state index in [1.165, 1.54) is 22.3 Å². The zero-order valence-electron chi connectivity index (χ0n) is 14.8. The molecular weight excluding hydrogens is 370 g/mol. The molecule has 10 heteroatoms. The second kappa shape index (κ2) is 7.45. The smallest absolute Gasteiger partial charge is 0.275 e. The molecule has 0 amide bonds. The molecule has 1 N–H and O–H groups in total. The van der Waals surface area contributed by atoms with Gasteiger partial charge in [-0.1, -0.05) is 30.0 Å². The van der Waals surface area contributed by atoms with Gasteiger partial charge >= 0.3 is 0 Å². The van der Waals surface area contributed by atoms with Crippen LogP contribution < -0.4 is 10.9 Å². The summed E-state index contributed by atoms with van der Waals surface area (Å²) in [4.78, 5) is 17.5. The first kappa shape index (κ1) is 17.6. The Hall–Kier alpha value is -1.78. The summed E-state index contributed by atoms with van der Waals surface area (Å²) in [7, 11) is 2.01. The van der Waals surface area contributed by atoms with Gasteiger partial charge in [0, 0.05) is 31.3 Å². The van der Waals surface area contributed by atoms with Gasteiger partial charge in [-0.3, -0.25) is 4.79 Å². The number of fused-ring (bicyclic) bond motifs is 1. The van der Waals surface area contributed by atoms with Crippen molar-refractivity contribution in [2.75, 3.05) is 13.1 Å². The van der Waals surface area contributed by atoms with E-state index in [0.29, 0.717) is 16.6 Å². The lowest BCUT2D eigenvalue weighted by molar-refractivity contribution is 0.436. The molecule has 1 aliphatic heterocycles. The number of nitrogens with one attached hydrogen (secondary N) is 1. The van der Waals surface area contributed by atoms with Crippen molar-refractivity contribution in [2.24, 2.45) is 7.05 Å². The average molecular weight is 392 g/mol. The van der Waals surface area contributed by atoms with Crippen LogP contribution in [0, 0.1) is 0 Å². The van der Waals surface area contributed by atoms with Gasteiger partial charge < -0.3 is 9.88 Å². The average Bonchev–Trinajstić information content (AvgIpc) is 3.24. The maximum absolute atomic E-state index is 12.2. The quantitative estimate of drug-likeness (QED) is 0.661. The molecule has 4 heterocycles. The number of nitrogens with zero attached hydrogens (tertiary/aromatic N) is 6. The molecule has 1 atom stereocenters. The Morgan fingerprint density at radius 2 is 2.31 bits per heavy atom. The van der Waals surface area contributed by atoms with E-state index in [4.69, 9.17) is 0 Å². The standard InChI is InChI=1S/C16H21N7OS2/c1-3-12-21-23-13(24)7-11(18-15(23)26-12)9-25-16-20-19-14(22(16)2)10-5-4-6-17-8-10/h7,10,17H,3-6,8-9H2,1-2H3. The van der Waals surface area contributed by atoms with E-state index in [0.717, 1.165) is 47.6 Å². The van der Waals surface area contributed by atoms with Crippen LogP contribution in [0.4, 0.5) is 0 Å². The minimum absolute atomic E-state index is 0.131. The zero-order chi connectivity index (χ0) is 18.1. The van der Waals surface area contributed by atoms with Crippen LogP contribution in [0.15, 0.2) is 16.0 Å². The van der Waals surface area contributed by atoms with Gasteiger partial charge in [0.15, 0.2) is 5.16 Å². The van der Waals surface area contributed by atoms with E-state index in [1.54, 1.807) is 17.8 Å². The summed E-state index contributed by atoms with van der Waals surface area (Å²) in [6.45, 7) is 4.06. The van der Waals surface area contributed by atoms with Crippen LogP contribution in [-0.2, 0) is 19.2 Å². The van der Waals surface area contributed by atoms with E-state index >= 15 is 0 Å². The topological polar surface area (TPSA) is 90.0 Å². The van der Waals surface area contributed by atoms with Crippen molar-refractivity contribution in [1.29, 1.82) is 0 Å². The minimum atomic E-state index is -0.131. The fraction of sp³-hybridized carbons (Fsp3) is 0.562.